The molecule has 45 heavy (non-hydrogen) atoms. The Hall–Kier alpha value is -4.09. The highest BCUT2D eigenvalue weighted by Crippen LogP contribution is 2.32. The van der Waals surface area contributed by atoms with Gasteiger partial charge in [-0.05, 0) is 80.1 Å². The number of nitrogens with zero attached hydrogens (tertiary/aromatic N) is 4. The molecule has 0 spiro atoms. The summed E-state index contributed by atoms with van der Waals surface area (Å²) in [7, 11) is 0. The number of carbonyl (C=O) groups excluding carboxylic acids is 2. The van der Waals surface area contributed by atoms with Gasteiger partial charge in [0, 0.05) is 50.9 Å². The molecule has 10 nitrogen and oxygen atoms in total. The standard InChI is InChI=1S/C34H40FN5O5.H2/c1-22(2)30-7-8-31(38-37-30)23-3-5-27(6-4-23)45-32-20-28(29(35)19-24(32)21-40-15-18-44-34(40)42)33(41)36-25-9-13-39(14-10-25)26-11-16-43-17-12-26;/h3-8,19-20,22,25-26H,9-18,21H2,1-2H3,(H,36,41);1H. The first-order valence-corrected chi connectivity index (χ1v) is 15.8. The van der Waals surface area contributed by atoms with Gasteiger partial charge in [-0.2, -0.15) is 10.2 Å². The molecule has 0 unspecified atom stereocenters. The lowest BCUT2D eigenvalue weighted by atomic mass is 9.99. The SMILES string of the molecule is CC(C)c1ccc(-c2ccc(Oc3cc(C(=O)NC4CCN(C5CCOCC5)CC4)c(F)cc3CN3CCOC3=O)cc2)nn1.[HH]. The minimum atomic E-state index is -0.666. The van der Waals surface area contributed by atoms with Gasteiger partial charge in [0.05, 0.1) is 30.0 Å². The highest BCUT2D eigenvalue weighted by molar-refractivity contribution is 5.95. The molecule has 0 atom stereocenters. The highest BCUT2D eigenvalue weighted by Gasteiger charge is 2.29. The fraction of sp³-hybridized carbons (Fsp3) is 0.471. The highest BCUT2D eigenvalue weighted by atomic mass is 19.1. The fourth-order valence-corrected chi connectivity index (χ4v) is 6.11. The summed E-state index contributed by atoms with van der Waals surface area (Å²) in [5.41, 5.74) is 2.86. The number of rotatable bonds is 9. The Labute approximate surface area is 264 Å². The number of ether oxygens (including phenoxy) is 3. The zero-order chi connectivity index (χ0) is 31.3. The molecule has 0 saturated carbocycles. The van der Waals surface area contributed by atoms with Crippen LogP contribution in [-0.4, -0.2) is 83.5 Å². The van der Waals surface area contributed by atoms with Crippen LogP contribution in [0, 0.1) is 5.82 Å². The molecule has 1 N–H and O–H groups in total. The number of carbonyl (C=O) groups is 2. The second-order valence-electron chi connectivity index (χ2n) is 12.2. The molecule has 3 saturated heterocycles. The quantitative estimate of drug-likeness (QED) is 0.322. The third-order valence-corrected chi connectivity index (χ3v) is 8.83. The van der Waals surface area contributed by atoms with Crippen molar-refractivity contribution in [2.45, 2.75) is 64.1 Å². The Kier molecular flexibility index (Phi) is 9.56. The Balaban J connectivity index is 0.00000417. The van der Waals surface area contributed by atoms with E-state index in [1.54, 1.807) is 12.1 Å². The van der Waals surface area contributed by atoms with Crippen LogP contribution in [0.1, 0.15) is 68.5 Å². The number of halogens is 1. The van der Waals surface area contributed by atoms with Crippen molar-refractivity contribution in [3.05, 3.63) is 71.2 Å². The molecule has 0 radical (unpaired) electrons. The van der Waals surface area contributed by atoms with Crippen LogP contribution < -0.4 is 10.1 Å². The molecule has 6 rings (SSSR count). The maximum Gasteiger partial charge on any atom is 0.410 e. The Morgan fingerprint density at radius 3 is 2.42 bits per heavy atom. The summed E-state index contributed by atoms with van der Waals surface area (Å²) < 4.78 is 32.3. The molecule has 11 heteroatoms. The van der Waals surface area contributed by atoms with Crippen molar-refractivity contribution in [3.63, 3.8) is 0 Å². The summed E-state index contributed by atoms with van der Waals surface area (Å²) in [6.07, 6.45) is 3.22. The predicted molar refractivity (Wildman–Crippen MR) is 168 cm³/mol. The van der Waals surface area contributed by atoms with E-state index in [1.807, 2.05) is 24.3 Å². The van der Waals surface area contributed by atoms with Crippen molar-refractivity contribution in [1.29, 1.82) is 0 Å². The molecule has 3 aliphatic rings. The predicted octanol–water partition coefficient (Wildman–Crippen LogP) is 5.77. The summed E-state index contributed by atoms with van der Waals surface area (Å²) >= 11 is 0. The molecule has 0 aliphatic carbocycles. The van der Waals surface area contributed by atoms with E-state index < -0.39 is 17.8 Å². The maximum atomic E-state index is 15.5. The second kappa shape index (κ2) is 13.9. The number of amides is 2. The van der Waals surface area contributed by atoms with E-state index in [9.17, 15) is 9.59 Å². The maximum absolute atomic E-state index is 15.5. The first-order chi connectivity index (χ1) is 21.8. The third-order valence-electron chi connectivity index (χ3n) is 8.83. The van der Waals surface area contributed by atoms with Gasteiger partial charge in [0.25, 0.3) is 5.91 Å². The molecule has 3 aromatic rings. The number of piperidine rings is 1. The van der Waals surface area contributed by atoms with Gasteiger partial charge in [-0.1, -0.05) is 13.8 Å². The molecule has 2 amide bonds. The molecule has 0 bridgehead atoms. The summed E-state index contributed by atoms with van der Waals surface area (Å²) in [5, 5.41) is 11.7. The van der Waals surface area contributed by atoms with Crippen LogP contribution in [0.5, 0.6) is 11.5 Å². The minimum absolute atomic E-state index is 0. The zero-order valence-electron chi connectivity index (χ0n) is 25.8. The molecule has 2 aromatic carbocycles. The van der Waals surface area contributed by atoms with Crippen LogP contribution >= 0.6 is 0 Å². The van der Waals surface area contributed by atoms with Gasteiger partial charge >= 0.3 is 6.09 Å². The van der Waals surface area contributed by atoms with Crippen molar-refractivity contribution in [1.82, 2.24) is 25.3 Å². The van der Waals surface area contributed by atoms with Gasteiger partial charge in [-0.3, -0.25) is 4.79 Å². The molecule has 240 valence electrons. The summed E-state index contributed by atoms with van der Waals surface area (Å²) in [5.74, 6) is -0.0657. The van der Waals surface area contributed by atoms with Crippen LogP contribution in [-0.2, 0) is 16.0 Å². The number of cyclic esters (lactones) is 1. The molecule has 3 aliphatic heterocycles. The lowest BCUT2D eigenvalue weighted by molar-refractivity contribution is 0.0238. The van der Waals surface area contributed by atoms with Crippen molar-refractivity contribution < 1.29 is 29.6 Å². The van der Waals surface area contributed by atoms with E-state index in [0.717, 1.165) is 68.9 Å². The van der Waals surface area contributed by atoms with Crippen molar-refractivity contribution in [3.8, 4) is 22.8 Å². The summed E-state index contributed by atoms with van der Waals surface area (Å²) in [6.45, 7) is 8.26. The number of hydrogen-bond acceptors (Lipinski definition) is 8. The average Bonchev–Trinajstić information content (AvgIpc) is 3.47. The minimum Gasteiger partial charge on any atom is -0.457 e. The molecular weight excluding hydrogens is 577 g/mol. The first-order valence-electron chi connectivity index (χ1n) is 15.8. The van der Waals surface area contributed by atoms with Crippen molar-refractivity contribution in [2.75, 3.05) is 39.5 Å². The fourth-order valence-electron chi connectivity index (χ4n) is 6.11. The number of likely N-dealkylation sites (tertiary alicyclic amines) is 1. The summed E-state index contributed by atoms with van der Waals surface area (Å²) in [6, 6.07) is 14.4. The van der Waals surface area contributed by atoms with E-state index in [-0.39, 0.29) is 32.1 Å². The zero-order valence-corrected chi connectivity index (χ0v) is 25.8. The number of benzene rings is 2. The molecular formula is C34H42FN5O5. The average molecular weight is 620 g/mol. The number of aromatic nitrogens is 2. The third kappa shape index (κ3) is 7.42. The van der Waals surface area contributed by atoms with Gasteiger partial charge in [0.2, 0.25) is 0 Å². The van der Waals surface area contributed by atoms with Gasteiger partial charge in [-0.15, -0.1) is 0 Å². The number of nitrogens with one attached hydrogen (secondary N) is 1. The number of hydrogen-bond donors (Lipinski definition) is 1. The smallest absolute Gasteiger partial charge is 0.410 e. The van der Waals surface area contributed by atoms with Crippen LogP contribution in [0.3, 0.4) is 0 Å². The van der Waals surface area contributed by atoms with Crippen LogP contribution in [0.15, 0.2) is 48.5 Å². The normalized spacial score (nSPS) is 18.3. The van der Waals surface area contributed by atoms with Gasteiger partial charge in [0.1, 0.15) is 23.9 Å². The molecule has 4 heterocycles. The first kappa shape index (κ1) is 30.9. The van der Waals surface area contributed by atoms with Crippen LogP contribution in [0.25, 0.3) is 11.3 Å². The Morgan fingerprint density at radius 1 is 1.02 bits per heavy atom. The van der Waals surface area contributed by atoms with Crippen molar-refractivity contribution in [2.24, 2.45) is 0 Å². The second-order valence-corrected chi connectivity index (χ2v) is 12.2. The van der Waals surface area contributed by atoms with Gasteiger partial charge < -0.3 is 29.3 Å². The molecule has 1 aromatic heterocycles. The molecule has 3 fully saturated rings. The van der Waals surface area contributed by atoms with Gasteiger partial charge in [0.15, 0.2) is 0 Å². The van der Waals surface area contributed by atoms with E-state index in [2.05, 4.69) is 34.3 Å². The van der Waals surface area contributed by atoms with E-state index in [4.69, 9.17) is 14.2 Å². The lowest BCUT2D eigenvalue weighted by Gasteiger charge is -2.39. The van der Waals surface area contributed by atoms with E-state index in [0.29, 0.717) is 29.6 Å². The van der Waals surface area contributed by atoms with E-state index in [1.165, 1.54) is 17.0 Å². The lowest BCUT2D eigenvalue weighted by Crippen LogP contribution is -2.49. The monoisotopic (exact) mass is 619 g/mol. The van der Waals surface area contributed by atoms with Crippen LogP contribution in [0.4, 0.5) is 9.18 Å². The Morgan fingerprint density at radius 2 is 1.78 bits per heavy atom. The topological polar surface area (TPSA) is 106 Å². The largest absolute Gasteiger partial charge is 0.457 e. The van der Waals surface area contributed by atoms with Crippen LogP contribution in [0.2, 0.25) is 0 Å². The Bertz CT molecular complexity index is 1490. The van der Waals surface area contributed by atoms with E-state index >= 15 is 4.39 Å². The summed E-state index contributed by atoms with van der Waals surface area (Å²) in [4.78, 5) is 29.5. The van der Waals surface area contributed by atoms with Crippen molar-refractivity contribution >= 4 is 12.0 Å². The van der Waals surface area contributed by atoms with Gasteiger partial charge in [-0.25, -0.2) is 9.18 Å².